The number of carbonyl (C=O) groups is 1. The van der Waals surface area contributed by atoms with E-state index in [-0.39, 0.29) is 23.6 Å². The van der Waals surface area contributed by atoms with Crippen LogP contribution in [0.3, 0.4) is 0 Å². The number of aromatic nitrogens is 3. The molecule has 2 aromatic heterocycles. The number of nitrogens with two attached hydrogens (primary N) is 1. The number of hydrogen-bond donors (Lipinski definition) is 4. The van der Waals surface area contributed by atoms with E-state index in [4.69, 9.17) is 19.9 Å². The number of aliphatic imine (C=N–C) groups is 2. The molecule has 166 valence electrons. The fourth-order valence-electron chi connectivity index (χ4n) is 3.20. The number of nitrogens with zero attached hydrogens (tertiary/aromatic N) is 3. The molecule has 3 aromatic rings. The van der Waals surface area contributed by atoms with Gasteiger partial charge in [0.2, 0.25) is 5.95 Å². The van der Waals surface area contributed by atoms with Crippen molar-refractivity contribution in [2.24, 2.45) is 9.98 Å². The van der Waals surface area contributed by atoms with Crippen LogP contribution in [0.4, 0.5) is 5.95 Å². The van der Waals surface area contributed by atoms with Crippen LogP contribution in [0.5, 0.6) is 0 Å². The number of methoxy groups -OCH3 is 2. The van der Waals surface area contributed by atoms with Crippen LogP contribution in [0.15, 0.2) is 45.2 Å². The molecule has 1 unspecified atom stereocenters. The van der Waals surface area contributed by atoms with Gasteiger partial charge in [-0.1, -0.05) is 12.1 Å². The predicted octanol–water partition coefficient (Wildman–Crippen LogP) is 0.667. The lowest BCUT2D eigenvalue weighted by Crippen LogP contribution is -2.40. The maximum absolute atomic E-state index is 12.4. The molecule has 0 bridgehead atoms. The third-order valence-corrected chi connectivity index (χ3v) is 4.78. The number of nitrogen functional groups attached to an aromatic ring is 1. The molecule has 0 aliphatic carbocycles. The highest BCUT2D eigenvalue weighted by atomic mass is 16.6. The van der Waals surface area contributed by atoms with Crippen LogP contribution in [0.1, 0.15) is 21.5 Å². The third kappa shape index (κ3) is 4.44. The molecule has 0 saturated carbocycles. The highest BCUT2D eigenvalue weighted by Crippen LogP contribution is 2.16. The number of H-pyrrole nitrogens is 2. The van der Waals surface area contributed by atoms with Gasteiger partial charge in [0, 0.05) is 13.3 Å². The van der Waals surface area contributed by atoms with Crippen molar-refractivity contribution in [3.8, 4) is 0 Å². The van der Waals surface area contributed by atoms with E-state index in [9.17, 15) is 9.59 Å². The molecule has 12 heteroatoms. The van der Waals surface area contributed by atoms with Gasteiger partial charge in [0.1, 0.15) is 5.65 Å². The fraction of sp³-hybridized carbons (Fsp3) is 0.250. The van der Waals surface area contributed by atoms with Crippen LogP contribution in [0.25, 0.3) is 11.0 Å². The lowest BCUT2D eigenvalue weighted by atomic mass is 10.0. The van der Waals surface area contributed by atoms with Crippen LogP contribution in [-0.2, 0) is 27.1 Å². The number of aromatic amines is 2. The van der Waals surface area contributed by atoms with Gasteiger partial charge in [0.25, 0.3) is 17.9 Å². The maximum Gasteiger partial charge on any atom is 0.345 e. The zero-order chi connectivity index (χ0) is 22.7. The predicted molar refractivity (Wildman–Crippen MR) is 116 cm³/mol. The van der Waals surface area contributed by atoms with Crippen molar-refractivity contribution in [2.45, 2.75) is 19.2 Å². The van der Waals surface area contributed by atoms with E-state index in [0.717, 1.165) is 11.1 Å². The Kier molecular flexibility index (Phi) is 5.85. The second-order valence-corrected chi connectivity index (χ2v) is 6.83. The number of rotatable bonds is 5. The van der Waals surface area contributed by atoms with Gasteiger partial charge in [-0.05, 0) is 36.1 Å². The van der Waals surface area contributed by atoms with E-state index < -0.39 is 12.3 Å². The fourth-order valence-corrected chi connectivity index (χ4v) is 3.20. The molecule has 1 aliphatic rings. The SMILES string of the molecule is COC1=NC(OC)N=C(OC(=O)c2ccc(CCc3c[nH]c4nc(N)[nH]c(=O)c34)cc2)N1. The molecule has 5 N–H and O–H groups in total. The lowest BCUT2D eigenvalue weighted by Gasteiger charge is -2.18. The first-order valence-electron chi connectivity index (χ1n) is 9.63. The molecule has 1 aromatic carbocycles. The standard InChI is InChI=1S/C20H21N7O5/c1-30-18-25-19(31-2)27-20(26-18)32-16(29)11-6-3-10(4-7-11)5-8-12-9-22-14-13(12)15(28)24-17(21)23-14/h3-4,6-7,9,18H,5,8H2,1-2H3,(H,25,26,27)(H4,21,22,23,24,28). The summed E-state index contributed by atoms with van der Waals surface area (Å²) in [6.45, 7) is 0. The normalized spacial score (nSPS) is 15.6. The van der Waals surface area contributed by atoms with Crippen LogP contribution in [-0.4, -0.2) is 53.5 Å². The van der Waals surface area contributed by atoms with E-state index >= 15 is 0 Å². The van der Waals surface area contributed by atoms with Gasteiger partial charge in [0.15, 0.2) is 0 Å². The zero-order valence-corrected chi connectivity index (χ0v) is 17.3. The van der Waals surface area contributed by atoms with Gasteiger partial charge in [-0.25, -0.2) is 4.79 Å². The number of carbonyl (C=O) groups excluding carboxylic acids is 1. The quantitative estimate of drug-likeness (QED) is 0.420. The first-order valence-corrected chi connectivity index (χ1v) is 9.63. The molecule has 4 rings (SSSR count). The minimum absolute atomic E-state index is 0.0660. The minimum Gasteiger partial charge on any atom is -0.468 e. The van der Waals surface area contributed by atoms with Crippen molar-refractivity contribution < 1.29 is 19.0 Å². The molecule has 0 radical (unpaired) electrons. The van der Waals surface area contributed by atoms with Gasteiger partial charge in [-0.2, -0.15) is 15.0 Å². The topological polar surface area (TPSA) is 169 Å². The number of esters is 1. The molecule has 0 spiro atoms. The Morgan fingerprint density at radius 1 is 1.12 bits per heavy atom. The summed E-state index contributed by atoms with van der Waals surface area (Å²) in [5.74, 6) is -0.530. The first-order chi connectivity index (χ1) is 15.5. The zero-order valence-electron chi connectivity index (χ0n) is 17.3. The Morgan fingerprint density at radius 3 is 2.59 bits per heavy atom. The summed E-state index contributed by atoms with van der Waals surface area (Å²) >= 11 is 0. The summed E-state index contributed by atoms with van der Waals surface area (Å²) < 4.78 is 15.3. The van der Waals surface area contributed by atoms with Crippen LogP contribution in [0.2, 0.25) is 0 Å². The van der Waals surface area contributed by atoms with Gasteiger partial charge >= 0.3 is 12.0 Å². The Labute approximate surface area is 181 Å². The van der Waals surface area contributed by atoms with E-state index in [2.05, 4.69) is 30.3 Å². The average molecular weight is 439 g/mol. The number of anilines is 1. The van der Waals surface area contributed by atoms with Crippen molar-refractivity contribution in [3.63, 3.8) is 0 Å². The second-order valence-electron chi connectivity index (χ2n) is 6.83. The maximum atomic E-state index is 12.4. The van der Waals surface area contributed by atoms with E-state index in [1.54, 1.807) is 18.3 Å². The summed E-state index contributed by atoms with van der Waals surface area (Å²) in [5.41, 5.74) is 7.91. The van der Waals surface area contributed by atoms with Crippen molar-refractivity contribution in [3.05, 3.63) is 57.5 Å². The Bertz CT molecular complexity index is 1260. The Hall–Kier alpha value is -4.19. The number of amidine groups is 2. The smallest absolute Gasteiger partial charge is 0.345 e. The van der Waals surface area contributed by atoms with Crippen molar-refractivity contribution in [1.29, 1.82) is 0 Å². The highest BCUT2D eigenvalue weighted by molar-refractivity contribution is 6.03. The third-order valence-electron chi connectivity index (χ3n) is 4.78. The largest absolute Gasteiger partial charge is 0.468 e. The summed E-state index contributed by atoms with van der Waals surface area (Å²) in [5, 5.41) is 3.14. The van der Waals surface area contributed by atoms with Gasteiger partial charge < -0.3 is 24.9 Å². The summed E-state index contributed by atoms with van der Waals surface area (Å²) in [6.07, 6.45) is 2.15. The molecule has 0 fully saturated rings. The molecule has 0 saturated heterocycles. The van der Waals surface area contributed by atoms with Crippen LogP contribution in [0, 0.1) is 0 Å². The average Bonchev–Trinajstić information content (AvgIpc) is 3.20. The van der Waals surface area contributed by atoms with Crippen molar-refractivity contribution >= 4 is 35.0 Å². The molecule has 12 nitrogen and oxygen atoms in total. The molecule has 3 heterocycles. The minimum atomic E-state index is -0.861. The highest BCUT2D eigenvalue weighted by Gasteiger charge is 2.21. The van der Waals surface area contributed by atoms with Crippen molar-refractivity contribution in [2.75, 3.05) is 20.0 Å². The monoisotopic (exact) mass is 439 g/mol. The number of benzene rings is 1. The summed E-state index contributed by atoms with van der Waals surface area (Å²) in [6, 6.07) is 7.01. The molecule has 32 heavy (non-hydrogen) atoms. The number of aryl methyl sites for hydroxylation is 2. The van der Waals surface area contributed by atoms with Gasteiger partial charge in [-0.15, -0.1) is 0 Å². The summed E-state index contributed by atoms with van der Waals surface area (Å²) in [4.78, 5) is 42.2. The van der Waals surface area contributed by atoms with E-state index in [0.29, 0.717) is 29.4 Å². The molecule has 0 amide bonds. The molecular formula is C20H21N7O5. The number of ether oxygens (including phenoxy) is 3. The number of hydrogen-bond acceptors (Lipinski definition) is 10. The van der Waals surface area contributed by atoms with Crippen molar-refractivity contribution in [1.82, 2.24) is 20.3 Å². The van der Waals surface area contributed by atoms with Gasteiger partial charge in [0.05, 0.1) is 18.1 Å². The van der Waals surface area contributed by atoms with Gasteiger partial charge in [-0.3, -0.25) is 15.1 Å². The van der Waals surface area contributed by atoms with Crippen LogP contribution < -0.4 is 16.6 Å². The number of fused-ring (bicyclic) bond motifs is 1. The Morgan fingerprint density at radius 2 is 1.88 bits per heavy atom. The number of nitrogens with one attached hydrogen (secondary N) is 3. The summed E-state index contributed by atoms with van der Waals surface area (Å²) in [7, 11) is 2.84. The van der Waals surface area contributed by atoms with Crippen LogP contribution >= 0.6 is 0 Å². The lowest BCUT2D eigenvalue weighted by molar-refractivity contribution is 0.0689. The Balaban J connectivity index is 1.40. The second kappa shape index (κ2) is 8.89. The van der Waals surface area contributed by atoms with E-state index in [1.165, 1.54) is 14.2 Å². The molecule has 1 aliphatic heterocycles. The molecule has 1 atom stereocenters. The van der Waals surface area contributed by atoms with E-state index in [1.807, 2.05) is 12.1 Å². The molecular weight excluding hydrogens is 418 g/mol. The first kappa shape index (κ1) is 21.1.